The number of carboxylic acid groups (broad SMARTS) is 1. The average Bonchev–Trinajstić information content (AvgIpc) is 3.49. The highest BCUT2D eigenvalue weighted by atomic mass is 31.2. The smallest absolute Gasteiger partial charge is 0.472 e. The molecule has 0 aromatic carbocycles. The highest BCUT2D eigenvalue weighted by Crippen LogP contribution is 2.43. The molecule has 1 aliphatic rings. The van der Waals surface area contributed by atoms with Gasteiger partial charge in [-0.2, -0.15) is 0 Å². The topological polar surface area (TPSA) is 232 Å². The van der Waals surface area contributed by atoms with E-state index in [0.717, 1.165) is 64.2 Å². The van der Waals surface area contributed by atoms with Crippen LogP contribution in [0.15, 0.2) is 72.9 Å². The molecule has 1 fully saturated rings. The van der Waals surface area contributed by atoms with Gasteiger partial charge < -0.3 is 40.5 Å². The van der Waals surface area contributed by atoms with Gasteiger partial charge in [-0.3, -0.25) is 23.4 Å². The summed E-state index contributed by atoms with van der Waals surface area (Å²) >= 11 is 0. The lowest BCUT2D eigenvalue weighted by Crippen LogP contribution is -2.34. The van der Waals surface area contributed by atoms with Crippen molar-refractivity contribution in [3.8, 4) is 0 Å². The second kappa shape index (κ2) is 35.3. The van der Waals surface area contributed by atoms with Crippen LogP contribution in [-0.2, 0) is 37.5 Å². The summed E-state index contributed by atoms with van der Waals surface area (Å²) in [5.41, 5.74) is 5.33. The first-order chi connectivity index (χ1) is 29.3. The molecular formula is C46H76NO13P. The Balaban J connectivity index is 2.56. The number of phosphoric ester groups is 1. The summed E-state index contributed by atoms with van der Waals surface area (Å²) in [5.74, 6) is -3.49. The highest BCUT2D eigenvalue weighted by Gasteiger charge is 2.39. The molecule has 1 rings (SSSR count). The van der Waals surface area contributed by atoms with Gasteiger partial charge in [-0.25, -0.2) is 4.57 Å². The maximum atomic E-state index is 12.8. The second-order valence-electron chi connectivity index (χ2n) is 15.5. The minimum absolute atomic E-state index is 0.114. The molecule has 0 aromatic rings. The van der Waals surface area contributed by atoms with E-state index in [9.17, 15) is 39.2 Å². The number of hydrogen-bond donors (Lipinski definition) is 6. The molecule has 348 valence electrons. The van der Waals surface area contributed by atoms with Crippen molar-refractivity contribution in [2.24, 2.45) is 17.6 Å². The first kappa shape index (κ1) is 55.8. The number of allylic oxidation sites excluding steroid dienone is 9. The Kier molecular flexibility index (Phi) is 32.3. The predicted octanol–water partition coefficient (Wildman–Crippen LogP) is 8.10. The van der Waals surface area contributed by atoms with Gasteiger partial charge in [0.2, 0.25) is 0 Å². The molecule has 8 atom stereocenters. The summed E-state index contributed by atoms with van der Waals surface area (Å²) in [6.07, 6.45) is 35.3. The van der Waals surface area contributed by atoms with Crippen LogP contribution in [0.1, 0.15) is 136 Å². The first-order valence-corrected chi connectivity index (χ1v) is 23.7. The summed E-state index contributed by atoms with van der Waals surface area (Å²) in [4.78, 5) is 46.3. The van der Waals surface area contributed by atoms with Crippen LogP contribution in [0.25, 0.3) is 0 Å². The standard InChI is InChI=1S/C46H76NO13P/c1-3-5-7-8-9-10-11-12-13-14-15-16-17-18-19-20-21-22-24-29-44(51)57-34-38(35-58-61(55,56)59-36-41(47)46(53)54)60-45(52)30-26-25-28-39-40(43(50)33-42(39)49)32-31-37(48)27-23-6-4-2/h9-10,12-13,15-16,18-19,25-26,31-32,37-43,48-50H,3-8,11,14,17,20-24,27-30,33-36,47H2,1-2H3,(H,53,54)(H,55,56)/b10-9-,13-12-,16-15-,19-18-,26-25-,32-31+/t37-,38-,39+,40-,41+,42+,43-/m1/s1. The molecule has 0 aromatic heterocycles. The molecule has 7 N–H and O–H groups in total. The molecule has 0 amide bonds. The quantitative estimate of drug-likeness (QED) is 0.0151. The van der Waals surface area contributed by atoms with E-state index < -0.39 is 76.0 Å². The minimum Gasteiger partial charge on any atom is -0.480 e. The van der Waals surface area contributed by atoms with Gasteiger partial charge in [0.25, 0.3) is 0 Å². The summed E-state index contributed by atoms with van der Waals surface area (Å²) in [7, 11) is -4.82. The fourth-order valence-corrected chi connectivity index (χ4v) is 7.21. The van der Waals surface area contributed by atoms with Crippen LogP contribution in [0, 0.1) is 11.8 Å². The van der Waals surface area contributed by atoms with Crippen molar-refractivity contribution in [2.75, 3.05) is 19.8 Å². The third kappa shape index (κ3) is 29.7. The van der Waals surface area contributed by atoms with E-state index in [0.29, 0.717) is 19.3 Å². The number of esters is 2. The van der Waals surface area contributed by atoms with Gasteiger partial charge in [-0.15, -0.1) is 0 Å². The maximum Gasteiger partial charge on any atom is 0.472 e. The fraction of sp³-hybridized carbons (Fsp3) is 0.674. The van der Waals surface area contributed by atoms with Crippen molar-refractivity contribution < 1.29 is 62.8 Å². The number of aliphatic carboxylic acids is 1. The van der Waals surface area contributed by atoms with E-state index >= 15 is 0 Å². The number of carbonyl (C=O) groups is 3. The Hall–Kier alpha value is -3.20. The molecule has 14 nitrogen and oxygen atoms in total. The van der Waals surface area contributed by atoms with Gasteiger partial charge in [0.15, 0.2) is 6.10 Å². The number of rotatable bonds is 36. The number of unbranched alkanes of at least 4 members (excludes halogenated alkanes) is 8. The molecule has 0 heterocycles. The van der Waals surface area contributed by atoms with Crippen LogP contribution in [0.4, 0.5) is 0 Å². The normalized spacial score (nSPS) is 21.0. The molecule has 1 unspecified atom stereocenters. The lowest BCUT2D eigenvalue weighted by molar-refractivity contribution is -0.160. The Morgan fingerprint density at radius 2 is 1.33 bits per heavy atom. The minimum atomic E-state index is -4.82. The van der Waals surface area contributed by atoms with Gasteiger partial charge in [-0.05, 0) is 70.1 Å². The van der Waals surface area contributed by atoms with Crippen molar-refractivity contribution in [1.29, 1.82) is 0 Å². The SMILES string of the molecule is CCCCC/C=C\C/C=C\C/C=C\C/C=C\CCCCCC(=O)OC[C@H](COP(=O)(O)OC[C@H](N)C(=O)O)OC(=O)C/C=C\C[C@H]1[C@@H](/C=C/[C@H](O)CCCCC)[C@H](O)C[C@@H]1O. The molecular weight excluding hydrogens is 805 g/mol. The number of carbonyl (C=O) groups excluding carboxylic acids is 2. The third-order valence-electron chi connectivity index (χ3n) is 10.0. The Morgan fingerprint density at radius 1 is 0.738 bits per heavy atom. The first-order valence-electron chi connectivity index (χ1n) is 22.2. The van der Waals surface area contributed by atoms with E-state index in [1.54, 1.807) is 18.2 Å². The molecule has 0 radical (unpaired) electrons. The number of aliphatic hydroxyl groups is 3. The van der Waals surface area contributed by atoms with Gasteiger partial charge in [0, 0.05) is 18.8 Å². The van der Waals surface area contributed by atoms with Crippen LogP contribution in [0.2, 0.25) is 0 Å². The molecule has 1 aliphatic carbocycles. The summed E-state index contributed by atoms with van der Waals surface area (Å²) in [6.45, 7) is 2.28. The van der Waals surface area contributed by atoms with Gasteiger partial charge in [-0.1, -0.05) is 125 Å². The molecule has 0 saturated heterocycles. The zero-order valence-corrected chi connectivity index (χ0v) is 37.4. The molecule has 0 bridgehead atoms. The van der Waals surface area contributed by atoms with E-state index in [2.05, 4.69) is 67.0 Å². The van der Waals surface area contributed by atoms with Crippen molar-refractivity contribution in [3.63, 3.8) is 0 Å². The number of aliphatic hydroxyl groups excluding tert-OH is 3. The van der Waals surface area contributed by atoms with Crippen LogP contribution in [0.5, 0.6) is 0 Å². The summed E-state index contributed by atoms with van der Waals surface area (Å²) in [5, 5.41) is 40.3. The van der Waals surface area contributed by atoms with E-state index in [1.165, 1.54) is 25.3 Å². The fourth-order valence-electron chi connectivity index (χ4n) is 6.43. The van der Waals surface area contributed by atoms with E-state index in [1.807, 2.05) is 0 Å². The van der Waals surface area contributed by atoms with E-state index in [-0.39, 0.29) is 31.1 Å². The van der Waals surface area contributed by atoms with Gasteiger partial charge >= 0.3 is 25.7 Å². The van der Waals surface area contributed by atoms with E-state index in [4.69, 9.17) is 24.8 Å². The van der Waals surface area contributed by atoms with Crippen molar-refractivity contribution in [3.05, 3.63) is 72.9 Å². The summed E-state index contributed by atoms with van der Waals surface area (Å²) < 4.78 is 32.6. The maximum absolute atomic E-state index is 12.8. The molecule has 1 saturated carbocycles. The zero-order chi connectivity index (χ0) is 45.1. The van der Waals surface area contributed by atoms with Crippen molar-refractivity contribution in [1.82, 2.24) is 0 Å². The lowest BCUT2D eigenvalue weighted by atomic mass is 9.89. The van der Waals surface area contributed by atoms with Crippen molar-refractivity contribution >= 4 is 25.7 Å². The Morgan fingerprint density at radius 3 is 1.95 bits per heavy atom. The number of phosphoric acid groups is 1. The van der Waals surface area contributed by atoms with Crippen LogP contribution < -0.4 is 5.73 Å². The number of nitrogens with two attached hydrogens (primary N) is 1. The molecule has 0 spiro atoms. The second-order valence-corrected chi connectivity index (χ2v) is 16.9. The Labute approximate surface area is 364 Å². The van der Waals surface area contributed by atoms with Gasteiger partial charge in [0.05, 0.1) is 37.9 Å². The average molecular weight is 882 g/mol. The largest absolute Gasteiger partial charge is 0.480 e. The zero-order valence-electron chi connectivity index (χ0n) is 36.6. The van der Waals surface area contributed by atoms with Gasteiger partial charge in [0.1, 0.15) is 12.6 Å². The monoisotopic (exact) mass is 882 g/mol. The Bertz CT molecular complexity index is 1430. The summed E-state index contributed by atoms with van der Waals surface area (Å²) in [6, 6.07) is -1.58. The third-order valence-corrected chi connectivity index (χ3v) is 11.0. The molecule has 15 heteroatoms. The van der Waals surface area contributed by atoms with Crippen LogP contribution in [0.3, 0.4) is 0 Å². The van der Waals surface area contributed by atoms with Crippen LogP contribution >= 0.6 is 7.82 Å². The number of hydrogen-bond acceptors (Lipinski definition) is 12. The lowest BCUT2D eigenvalue weighted by Gasteiger charge is -2.20. The number of carboxylic acids is 1. The van der Waals surface area contributed by atoms with Crippen molar-refractivity contribution in [2.45, 2.75) is 166 Å². The van der Waals surface area contributed by atoms with Crippen LogP contribution in [-0.4, -0.2) is 93.5 Å². The molecule has 61 heavy (non-hydrogen) atoms. The highest BCUT2D eigenvalue weighted by molar-refractivity contribution is 7.47. The predicted molar refractivity (Wildman–Crippen MR) is 237 cm³/mol. The molecule has 0 aliphatic heterocycles. The number of ether oxygens (including phenoxy) is 2.